The Morgan fingerprint density at radius 3 is 2.25 bits per heavy atom. The van der Waals surface area contributed by atoms with Crippen molar-refractivity contribution in [2.75, 3.05) is 0 Å². The van der Waals surface area contributed by atoms with Crippen molar-refractivity contribution in [2.45, 2.75) is 94.8 Å². The van der Waals surface area contributed by atoms with Gasteiger partial charge in [-0.05, 0) is 181 Å². The van der Waals surface area contributed by atoms with E-state index in [1.807, 2.05) is 0 Å². The molecule has 4 nitrogen and oxygen atoms in total. The van der Waals surface area contributed by atoms with Gasteiger partial charge >= 0.3 is 6.85 Å². The third kappa shape index (κ3) is 3.94. The maximum absolute atomic E-state index is 7.23. The summed E-state index contributed by atoms with van der Waals surface area (Å²) in [4.78, 5) is 0. The summed E-state index contributed by atoms with van der Waals surface area (Å²) in [6.45, 7) is 2.46. The Bertz CT molecular complexity index is 3730. The minimum atomic E-state index is -0.0249. The van der Waals surface area contributed by atoms with Crippen LogP contribution in [0.2, 0.25) is 0 Å². The molecule has 63 heavy (non-hydrogen) atoms. The molecule has 0 radical (unpaired) electrons. The molecule has 306 valence electrons. The monoisotopic (exact) mass is 816 g/mol. The van der Waals surface area contributed by atoms with E-state index in [0.29, 0.717) is 0 Å². The lowest BCUT2D eigenvalue weighted by atomic mass is 9.45. The highest BCUT2D eigenvalue weighted by atomic mass is 16.3. The van der Waals surface area contributed by atoms with Crippen LogP contribution in [0.1, 0.15) is 95.1 Å². The Kier molecular flexibility index (Phi) is 5.99. The van der Waals surface area contributed by atoms with E-state index in [-0.39, 0.29) is 17.7 Å². The summed E-state index contributed by atoms with van der Waals surface area (Å²) < 4.78 is 19.5. The second-order valence-electron chi connectivity index (χ2n) is 22.1. The van der Waals surface area contributed by atoms with E-state index < -0.39 is 0 Å². The molecule has 5 saturated carbocycles. The number of aromatic nitrogens is 2. The SMILES string of the molecule is CCC1(c2ccc3c(c2)c2cc(C45CCC6CC(CC6C4)C5)cc4c2n3B2c3c(cc5c(oc6ccccc65)c3-4)-n3c4c2cccc4c2oc4ccccc4c23)CC2CCC(C2)C1. The van der Waals surface area contributed by atoms with Crippen LogP contribution in [0.15, 0.2) is 112 Å². The molecule has 10 aromatic rings. The molecule has 5 bridgehead atoms. The van der Waals surface area contributed by atoms with Crippen LogP contribution in [0.3, 0.4) is 0 Å². The van der Waals surface area contributed by atoms with Crippen molar-refractivity contribution in [1.29, 1.82) is 0 Å². The van der Waals surface area contributed by atoms with E-state index in [1.54, 1.807) is 11.1 Å². The summed E-state index contributed by atoms with van der Waals surface area (Å²) in [7, 11) is 0. The van der Waals surface area contributed by atoms with E-state index in [2.05, 4.69) is 119 Å². The molecule has 6 aromatic carbocycles. The molecule has 7 aliphatic rings. The number of nitrogens with zero attached hydrogens (tertiary/aromatic N) is 2. The fourth-order valence-electron chi connectivity index (χ4n) is 17.1. The van der Waals surface area contributed by atoms with Gasteiger partial charge in [0.1, 0.15) is 22.3 Å². The van der Waals surface area contributed by atoms with E-state index in [9.17, 15) is 0 Å². The van der Waals surface area contributed by atoms with Gasteiger partial charge < -0.3 is 17.9 Å². The summed E-state index contributed by atoms with van der Waals surface area (Å²) in [5.74, 6) is 4.47. The first-order valence-electron chi connectivity index (χ1n) is 24.6. The lowest BCUT2D eigenvalue weighted by Crippen LogP contribution is -2.55. The number of hydrogen-bond acceptors (Lipinski definition) is 2. The number of hydrogen-bond donors (Lipinski definition) is 0. The van der Waals surface area contributed by atoms with Crippen LogP contribution >= 0.6 is 0 Å². The predicted molar refractivity (Wildman–Crippen MR) is 259 cm³/mol. The van der Waals surface area contributed by atoms with Gasteiger partial charge in [0.25, 0.3) is 0 Å². The minimum absolute atomic E-state index is 0.0249. The molecule has 0 N–H and O–H groups in total. The fourth-order valence-corrected chi connectivity index (χ4v) is 17.1. The molecule has 4 aromatic heterocycles. The highest BCUT2D eigenvalue weighted by Gasteiger charge is 2.53. The summed E-state index contributed by atoms with van der Waals surface area (Å²) >= 11 is 0. The fraction of sp³-hybridized carbons (Fsp3) is 0.345. The largest absolute Gasteiger partial charge is 0.455 e. The van der Waals surface area contributed by atoms with Crippen molar-refractivity contribution in [3.05, 3.63) is 114 Å². The lowest BCUT2D eigenvalue weighted by molar-refractivity contribution is 0.139. The van der Waals surface area contributed by atoms with Gasteiger partial charge in [0.05, 0.1) is 5.52 Å². The topological polar surface area (TPSA) is 36.1 Å². The van der Waals surface area contributed by atoms with Gasteiger partial charge in [-0.3, -0.25) is 0 Å². The van der Waals surface area contributed by atoms with Gasteiger partial charge in [-0.2, -0.15) is 0 Å². The van der Waals surface area contributed by atoms with Crippen molar-refractivity contribution in [3.63, 3.8) is 0 Å². The van der Waals surface area contributed by atoms with Crippen LogP contribution in [0.4, 0.5) is 0 Å². The molecule has 6 atom stereocenters. The number of furan rings is 2. The van der Waals surface area contributed by atoms with Crippen LogP contribution in [-0.2, 0) is 10.8 Å². The Morgan fingerprint density at radius 2 is 1.38 bits per heavy atom. The summed E-state index contributed by atoms with van der Waals surface area (Å²) in [6, 6.07) is 40.3. The molecule has 2 aliphatic heterocycles. The first kappa shape index (κ1) is 33.8. The van der Waals surface area contributed by atoms with Crippen molar-refractivity contribution in [3.8, 4) is 16.8 Å². The van der Waals surface area contributed by atoms with Gasteiger partial charge in [0, 0.05) is 60.2 Å². The summed E-state index contributed by atoms with van der Waals surface area (Å²) in [5.41, 5.74) is 19.5. The Labute approximate surface area is 366 Å². The average Bonchev–Trinajstić information content (AvgIpc) is 4.15. The standard InChI is InChI=1S/C58H49BN2O2/c1-2-57(27-31-14-15-32(20-31)28-57)36-16-17-46-41(23-36)42-24-37(58-19-18-34-21-33(29-58)22-35(34)30-58)25-44-50-51-47(26-43-38-8-3-5-12-48(38)62-55(43)50)60-53-40(10-7-11-45(53)59(51)61(46)52(42)44)56-54(60)39-9-4-6-13-49(39)63-56/h3-13,16-17,23-26,31-35H,2,14-15,18-22,27-30H2,1H3. The number of benzene rings is 6. The van der Waals surface area contributed by atoms with Crippen LogP contribution in [0, 0.1) is 29.6 Å². The zero-order chi connectivity index (χ0) is 40.7. The zero-order valence-electron chi connectivity index (χ0n) is 36.0. The first-order valence-corrected chi connectivity index (χ1v) is 24.6. The van der Waals surface area contributed by atoms with Crippen molar-refractivity contribution in [2.24, 2.45) is 29.6 Å². The molecule has 17 rings (SSSR count). The van der Waals surface area contributed by atoms with Crippen LogP contribution in [0.25, 0.3) is 93.5 Å². The molecule has 0 saturated heterocycles. The van der Waals surface area contributed by atoms with Crippen molar-refractivity contribution in [1.82, 2.24) is 9.05 Å². The molecule has 0 amide bonds. The average molecular weight is 817 g/mol. The van der Waals surface area contributed by atoms with Crippen LogP contribution < -0.4 is 10.9 Å². The maximum Gasteiger partial charge on any atom is 0.333 e. The van der Waals surface area contributed by atoms with Gasteiger partial charge in [-0.15, -0.1) is 0 Å². The van der Waals surface area contributed by atoms with Gasteiger partial charge in [0.2, 0.25) is 0 Å². The van der Waals surface area contributed by atoms with Crippen molar-refractivity contribution < 1.29 is 8.83 Å². The number of fused-ring (bicyclic) bond motifs is 20. The van der Waals surface area contributed by atoms with Gasteiger partial charge in [0.15, 0.2) is 5.58 Å². The van der Waals surface area contributed by atoms with E-state index >= 15 is 0 Å². The quantitative estimate of drug-likeness (QED) is 0.167. The minimum Gasteiger partial charge on any atom is -0.455 e. The highest BCUT2D eigenvalue weighted by molar-refractivity contribution is 6.90. The first-order chi connectivity index (χ1) is 31.0. The molecule has 5 fully saturated rings. The molecular weight excluding hydrogens is 767 g/mol. The van der Waals surface area contributed by atoms with Gasteiger partial charge in [-0.25, -0.2) is 0 Å². The molecule has 0 spiro atoms. The number of para-hydroxylation sites is 3. The molecule has 6 heterocycles. The normalized spacial score (nSPS) is 28.7. The zero-order valence-corrected chi connectivity index (χ0v) is 36.0. The maximum atomic E-state index is 7.23. The smallest absolute Gasteiger partial charge is 0.333 e. The lowest BCUT2D eigenvalue weighted by Gasteiger charge is -2.46. The number of rotatable bonds is 3. The molecule has 6 unspecified atom stereocenters. The molecule has 5 aliphatic carbocycles. The van der Waals surface area contributed by atoms with Crippen LogP contribution in [-0.4, -0.2) is 15.9 Å². The van der Waals surface area contributed by atoms with E-state index in [4.69, 9.17) is 8.83 Å². The van der Waals surface area contributed by atoms with E-state index in [1.165, 1.54) is 159 Å². The van der Waals surface area contributed by atoms with Crippen LogP contribution in [0.5, 0.6) is 0 Å². The Hall–Kier alpha value is -5.68. The second kappa shape index (κ2) is 11.2. The second-order valence-corrected chi connectivity index (χ2v) is 22.1. The van der Waals surface area contributed by atoms with Gasteiger partial charge in [-0.1, -0.05) is 68.3 Å². The van der Waals surface area contributed by atoms with Crippen molar-refractivity contribution >= 4 is 94.5 Å². The third-order valence-electron chi connectivity index (χ3n) is 19.4. The Morgan fingerprint density at radius 1 is 0.603 bits per heavy atom. The van der Waals surface area contributed by atoms with E-state index in [0.717, 1.165) is 51.9 Å². The summed E-state index contributed by atoms with van der Waals surface area (Å²) in [5, 5.41) is 7.68. The Balaban J connectivity index is 1.05. The summed E-state index contributed by atoms with van der Waals surface area (Å²) in [6.07, 6.45) is 16.6. The molecular formula is C58H49BN2O2. The predicted octanol–water partition coefficient (Wildman–Crippen LogP) is 13.8. The third-order valence-corrected chi connectivity index (χ3v) is 19.4. The highest BCUT2D eigenvalue weighted by Crippen LogP contribution is 2.63. The molecule has 5 heteroatoms.